The Hall–Kier alpha value is -2.43. The predicted molar refractivity (Wildman–Crippen MR) is 109 cm³/mol. The van der Waals surface area contributed by atoms with Crippen LogP contribution >= 0.6 is 11.6 Å². The first kappa shape index (κ1) is 19.9. The molecule has 1 aliphatic heterocycles. The zero-order valence-corrected chi connectivity index (χ0v) is 17.3. The molecule has 2 N–H and O–H groups in total. The highest BCUT2D eigenvalue weighted by molar-refractivity contribution is 7.89. The van der Waals surface area contributed by atoms with E-state index in [-0.39, 0.29) is 15.8 Å². The summed E-state index contributed by atoms with van der Waals surface area (Å²) >= 11 is 6.32. The Morgan fingerprint density at radius 2 is 1.97 bits per heavy atom. The SMILES string of the molecule is Cn1ncc(Cl)c1[C@H]1CCCCCN1S(=O)(=O)c1ccc2[nH]c(=O)[nH]c(=O)c2c1. The van der Waals surface area contributed by atoms with Crippen LogP contribution in [-0.4, -0.2) is 39.0 Å². The van der Waals surface area contributed by atoms with Crippen LogP contribution in [0.4, 0.5) is 0 Å². The molecule has 1 fully saturated rings. The lowest BCUT2D eigenvalue weighted by molar-refractivity contribution is 0.315. The summed E-state index contributed by atoms with van der Waals surface area (Å²) in [6, 6.07) is 3.68. The molecule has 0 unspecified atom stereocenters. The van der Waals surface area contributed by atoms with Gasteiger partial charge in [0.25, 0.3) is 5.56 Å². The number of benzene rings is 1. The van der Waals surface area contributed by atoms with Crippen LogP contribution in [0.2, 0.25) is 5.02 Å². The van der Waals surface area contributed by atoms with Gasteiger partial charge in [0.2, 0.25) is 10.0 Å². The van der Waals surface area contributed by atoms with E-state index in [0.29, 0.717) is 23.7 Å². The predicted octanol–water partition coefficient (Wildman–Crippen LogP) is 1.91. The number of hydrogen-bond acceptors (Lipinski definition) is 5. The topological polar surface area (TPSA) is 121 Å². The van der Waals surface area contributed by atoms with E-state index < -0.39 is 27.3 Å². The van der Waals surface area contributed by atoms with Crippen LogP contribution in [0, 0.1) is 0 Å². The fraction of sp³-hybridized carbons (Fsp3) is 0.389. The lowest BCUT2D eigenvalue weighted by Gasteiger charge is -2.29. The lowest BCUT2D eigenvalue weighted by atomic mass is 10.1. The van der Waals surface area contributed by atoms with Crippen molar-refractivity contribution >= 4 is 32.5 Å². The van der Waals surface area contributed by atoms with Crippen LogP contribution in [0.3, 0.4) is 0 Å². The third-order valence-electron chi connectivity index (χ3n) is 5.27. The number of halogens is 1. The number of sulfonamides is 1. The summed E-state index contributed by atoms with van der Waals surface area (Å²) in [6.45, 7) is 0.342. The van der Waals surface area contributed by atoms with Crippen LogP contribution in [0.1, 0.15) is 37.4 Å². The maximum absolute atomic E-state index is 13.6. The highest BCUT2D eigenvalue weighted by Crippen LogP contribution is 2.37. The molecule has 29 heavy (non-hydrogen) atoms. The van der Waals surface area contributed by atoms with Crippen molar-refractivity contribution in [1.29, 1.82) is 0 Å². The molecule has 4 rings (SSSR count). The van der Waals surface area contributed by atoms with Gasteiger partial charge in [-0.2, -0.15) is 9.40 Å². The van der Waals surface area contributed by atoms with Gasteiger partial charge in [0.05, 0.1) is 38.8 Å². The molecular weight excluding hydrogens is 418 g/mol. The number of aromatic amines is 2. The minimum Gasteiger partial charge on any atom is -0.307 e. The third-order valence-corrected chi connectivity index (χ3v) is 7.47. The second-order valence-electron chi connectivity index (χ2n) is 7.10. The number of aryl methyl sites for hydroxylation is 1. The Bertz CT molecular complexity index is 1270. The number of H-pyrrole nitrogens is 2. The molecule has 0 bridgehead atoms. The molecule has 0 amide bonds. The van der Waals surface area contributed by atoms with Gasteiger partial charge in [0.1, 0.15) is 0 Å². The number of rotatable bonds is 3. The highest BCUT2D eigenvalue weighted by atomic mass is 35.5. The molecule has 11 heteroatoms. The minimum absolute atomic E-state index is 0.00672. The van der Waals surface area contributed by atoms with Crippen LogP contribution < -0.4 is 11.2 Å². The van der Waals surface area contributed by atoms with Gasteiger partial charge in [-0.15, -0.1) is 0 Å². The molecule has 1 aliphatic rings. The third kappa shape index (κ3) is 3.52. The Morgan fingerprint density at radius 1 is 1.17 bits per heavy atom. The molecule has 0 spiro atoms. The Balaban J connectivity index is 1.85. The summed E-state index contributed by atoms with van der Waals surface area (Å²) in [4.78, 5) is 28.2. The maximum Gasteiger partial charge on any atom is 0.326 e. The molecule has 1 atom stereocenters. The quantitative estimate of drug-likeness (QED) is 0.648. The van der Waals surface area contributed by atoms with Crippen molar-refractivity contribution in [3.8, 4) is 0 Å². The average molecular weight is 438 g/mol. The van der Waals surface area contributed by atoms with Crippen molar-refractivity contribution in [3.63, 3.8) is 0 Å². The molecule has 9 nitrogen and oxygen atoms in total. The number of fused-ring (bicyclic) bond motifs is 1. The van der Waals surface area contributed by atoms with Gasteiger partial charge >= 0.3 is 5.69 Å². The summed E-state index contributed by atoms with van der Waals surface area (Å²) in [5.41, 5.74) is -0.348. The first-order valence-corrected chi connectivity index (χ1v) is 11.1. The largest absolute Gasteiger partial charge is 0.326 e. The second kappa shape index (κ2) is 7.43. The van der Waals surface area contributed by atoms with Crippen LogP contribution in [0.5, 0.6) is 0 Å². The van der Waals surface area contributed by atoms with E-state index in [1.165, 1.54) is 28.7 Å². The minimum atomic E-state index is -3.92. The number of aromatic nitrogens is 4. The van der Waals surface area contributed by atoms with Crippen LogP contribution in [0.15, 0.2) is 38.9 Å². The van der Waals surface area contributed by atoms with Gasteiger partial charge in [-0.3, -0.25) is 14.5 Å². The molecular formula is C18H20ClN5O4S. The van der Waals surface area contributed by atoms with Crippen molar-refractivity contribution in [1.82, 2.24) is 24.1 Å². The first-order chi connectivity index (χ1) is 13.8. The molecule has 3 aromatic rings. The van der Waals surface area contributed by atoms with E-state index in [0.717, 1.165) is 19.3 Å². The van der Waals surface area contributed by atoms with E-state index in [2.05, 4.69) is 15.1 Å². The molecule has 154 valence electrons. The van der Waals surface area contributed by atoms with Gasteiger partial charge in [0.15, 0.2) is 0 Å². The standard InChI is InChI=1S/C18H20ClN5O4S/c1-23-16(13(19)10-20-23)15-5-3-2-4-8-24(15)29(27,28)11-6-7-14-12(9-11)17(25)22-18(26)21-14/h6-7,9-10,15H,2-5,8H2,1H3,(H2,21,22,25,26)/t15-/m1/s1. The average Bonchev–Trinajstić information content (AvgIpc) is 2.86. The van der Waals surface area contributed by atoms with Crippen molar-refractivity contribution in [2.24, 2.45) is 7.05 Å². The van der Waals surface area contributed by atoms with Gasteiger partial charge in [-0.25, -0.2) is 13.2 Å². The van der Waals surface area contributed by atoms with E-state index in [4.69, 9.17) is 11.6 Å². The van der Waals surface area contributed by atoms with Gasteiger partial charge in [-0.05, 0) is 31.0 Å². The number of nitrogens with zero attached hydrogens (tertiary/aromatic N) is 3. The summed E-state index contributed by atoms with van der Waals surface area (Å²) in [6.07, 6.45) is 4.65. The molecule has 1 aromatic carbocycles. The van der Waals surface area contributed by atoms with E-state index in [9.17, 15) is 18.0 Å². The normalized spacial score (nSPS) is 18.8. The highest BCUT2D eigenvalue weighted by Gasteiger charge is 2.36. The Kier molecular flexibility index (Phi) is 5.09. The van der Waals surface area contributed by atoms with E-state index in [1.54, 1.807) is 11.7 Å². The van der Waals surface area contributed by atoms with Gasteiger partial charge < -0.3 is 4.98 Å². The summed E-state index contributed by atoms with van der Waals surface area (Å²) in [5.74, 6) is 0. The fourth-order valence-electron chi connectivity index (χ4n) is 3.88. The zero-order chi connectivity index (χ0) is 20.8. The van der Waals surface area contributed by atoms with E-state index >= 15 is 0 Å². The first-order valence-electron chi connectivity index (χ1n) is 9.24. The Labute approximate surface area is 171 Å². The van der Waals surface area contributed by atoms with Crippen LogP contribution in [-0.2, 0) is 17.1 Å². The van der Waals surface area contributed by atoms with Crippen molar-refractivity contribution in [2.75, 3.05) is 6.54 Å². The lowest BCUT2D eigenvalue weighted by Crippen LogP contribution is -2.36. The van der Waals surface area contributed by atoms with Crippen molar-refractivity contribution in [3.05, 3.63) is 56.0 Å². The van der Waals surface area contributed by atoms with Crippen molar-refractivity contribution < 1.29 is 8.42 Å². The Morgan fingerprint density at radius 3 is 2.69 bits per heavy atom. The molecule has 3 heterocycles. The summed E-state index contributed by atoms with van der Waals surface area (Å²) < 4.78 is 30.2. The molecule has 0 saturated carbocycles. The molecule has 1 saturated heterocycles. The van der Waals surface area contributed by atoms with E-state index in [1.807, 2.05) is 0 Å². The second-order valence-corrected chi connectivity index (χ2v) is 9.40. The van der Waals surface area contributed by atoms with Gasteiger partial charge in [-0.1, -0.05) is 24.4 Å². The monoisotopic (exact) mass is 437 g/mol. The summed E-state index contributed by atoms with van der Waals surface area (Å²) in [5, 5.41) is 4.69. The smallest absolute Gasteiger partial charge is 0.307 e. The molecule has 2 aromatic heterocycles. The summed E-state index contributed by atoms with van der Waals surface area (Å²) in [7, 11) is -2.18. The fourth-order valence-corrected chi connectivity index (χ4v) is 5.86. The van der Waals surface area contributed by atoms with Crippen molar-refractivity contribution in [2.45, 2.75) is 36.6 Å². The van der Waals surface area contributed by atoms with Gasteiger partial charge in [0, 0.05) is 13.6 Å². The number of hydrogen-bond donors (Lipinski definition) is 2. The van der Waals surface area contributed by atoms with Crippen LogP contribution in [0.25, 0.3) is 10.9 Å². The number of nitrogens with one attached hydrogen (secondary N) is 2. The molecule has 0 radical (unpaired) electrons. The molecule has 0 aliphatic carbocycles. The zero-order valence-electron chi connectivity index (χ0n) is 15.7. The maximum atomic E-state index is 13.6.